The van der Waals surface area contributed by atoms with Crippen molar-refractivity contribution in [2.75, 3.05) is 0 Å². The summed E-state index contributed by atoms with van der Waals surface area (Å²) in [4.78, 5) is 17.9. The molecular formula is C4H3LiN2O5. The SMILES string of the molecule is C=C(C#N)C(=O)O.O=[N+]([O-])[O-].[Li+]. The smallest absolute Gasteiger partial charge is 0.477 e. The fourth-order valence-corrected chi connectivity index (χ4v) is 0.0478. The quantitative estimate of drug-likeness (QED) is 0.144. The molecule has 0 rings (SSSR count). The van der Waals surface area contributed by atoms with Crippen LogP contribution < -0.4 is 18.9 Å². The van der Waals surface area contributed by atoms with Crippen LogP contribution in [0, 0.1) is 26.7 Å². The summed E-state index contributed by atoms with van der Waals surface area (Å²) in [5.74, 6) is -1.26. The van der Waals surface area contributed by atoms with Crippen LogP contribution in [0.25, 0.3) is 0 Å². The molecule has 1 N–H and O–H groups in total. The number of hydrogen-bond acceptors (Lipinski definition) is 5. The van der Waals surface area contributed by atoms with E-state index < -0.39 is 16.6 Å². The molecule has 0 heterocycles. The van der Waals surface area contributed by atoms with E-state index in [2.05, 4.69) is 6.58 Å². The van der Waals surface area contributed by atoms with Crippen molar-refractivity contribution < 1.29 is 33.8 Å². The van der Waals surface area contributed by atoms with Gasteiger partial charge in [-0.2, -0.15) is 5.26 Å². The first-order chi connectivity index (χ1) is 4.91. The van der Waals surface area contributed by atoms with Crippen molar-refractivity contribution in [2.24, 2.45) is 0 Å². The largest absolute Gasteiger partial charge is 1.00 e. The van der Waals surface area contributed by atoms with Gasteiger partial charge in [-0.3, -0.25) is 0 Å². The third kappa shape index (κ3) is 23.6. The predicted octanol–water partition coefficient (Wildman–Crippen LogP) is -3.08. The topological polar surface area (TPSA) is 127 Å². The second kappa shape index (κ2) is 9.50. The molecule has 0 aromatic rings. The summed E-state index contributed by atoms with van der Waals surface area (Å²) in [6.45, 7) is 2.91. The van der Waals surface area contributed by atoms with Crippen molar-refractivity contribution in [3.05, 3.63) is 27.5 Å². The van der Waals surface area contributed by atoms with Crippen LogP contribution in [-0.4, -0.2) is 16.2 Å². The zero-order chi connectivity index (χ0) is 9.44. The minimum Gasteiger partial charge on any atom is -0.477 e. The van der Waals surface area contributed by atoms with Gasteiger partial charge in [0.1, 0.15) is 11.6 Å². The third-order valence-electron chi connectivity index (χ3n) is 0.393. The summed E-state index contributed by atoms with van der Waals surface area (Å²) in [5, 5.41) is 30.4. The molecule has 0 aliphatic carbocycles. The van der Waals surface area contributed by atoms with E-state index in [0.717, 1.165) is 0 Å². The minimum atomic E-state index is -1.75. The Balaban J connectivity index is -0.000000142. The van der Waals surface area contributed by atoms with Crippen LogP contribution >= 0.6 is 0 Å². The van der Waals surface area contributed by atoms with Gasteiger partial charge in [-0.15, -0.1) is 0 Å². The molecule has 0 saturated heterocycles. The number of carbonyl (C=O) groups is 1. The van der Waals surface area contributed by atoms with Crippen molar-refractivity contribution in [1.82, 2.24) is 0 Å². The van der Waals surface area contributed by atoms with Gasteiger partial charge in [0.2, 0.25) is 0 Å². The molecule has 0 aromatic carbocycles. The van der Waals surface area contributed by atoms with Crippen molar-refractivity contribution in [3.63, 3.8) is 0 Å². The second-order valence-corrected chi connectivity index (χ2v) is 1.12. The number of carboxylic acids is 1. The minimum absolute atomic E-state index is 0. The van der Waals surface area contributed by atoms with Gasteiger partial charge in [0, 0.05) is 0 Å². The molecule has 0 aliphatic rings. The number of aliphatic carboxylic acids is 1. The zero-order valence-corrected chi connectivity index (χ0v) is 6.18. The number of nitriles is 1. The first kappa shape index (κ1) is 16.8. The molecule has 0 fully saturated rings. The van der Waals surface area contributed by atoms with E-state index in [1.54, 1.807) is 0 Å². The summed E-state index contributed by atoms with van der Waals surface area (Å²) >= 11 is 0. The monoisotopic (exact) mass is 166 g/mol. The molecule has 8 heteroatoms. The summed E-state index contributed by atoms with van der Waals surface area (Å²) in [7, 11) is 0. The maximum atomic E-state index is 9.61. The Kier molecular flexibility index (Phi) is 13.3. The van der Waals surface area contributed by atoms with Gasteiger partial charge in [-0.1, -0.05) is 6.58 Å². The van der Waals surface area contributed by atoms with Crippen LogP contribution in [0.4, 0.5) is 0 Å². The van der Waals surface area contributed by atoms with Gasteiger partial charge in [0.05, 0.1) is 5.09 Å². The molecule has 0 bridgehead atoms. The number of carboxylic acid groups (broad SMARTS) is 1. The van der Waals surface area contributed by atoms with E-state index in [9.17, 15) is 4.79 Å². The van der Waals surface area contributed by atoms with Crippen LogP contribution in [-0.2, 0) is 4.79 Å². The Morgan fingerprint density at radius 3 is 1.83 bits per heavy atom. The fraction of sp³-hybridized carbons (Fsp3) is 0. The predicted molar refractivity (Wildman–Crippen MR) is 32.8 cm³/mol. The van der Waals surface area contributed by atoms with Crippen LogP contribution in [0.5, 0.6) is 0 Å². The van der Waals surface area contributed by atoms with Crippen LogP contribution in [0.3, 0.4) is 0 Å². The van der Waals surface area contributed by atoms with Gasteiger partial charge < -0.3 is 20.4 Å². The summed E-state index contributed by atoms with van der Waals surface area (Å²) in [5.41, 5.74) is -0.431. The molecule has 60 valence electrons. The normalized spacial score (nSPS) is 5.92. The second-order valence-electron chi connectivity index (χ2n) is 1.12. The van der Waals surface area contributed by atoms with Crippen molar-refractivity contribution in [2.45, 2.75) is 0 Å². The molecule has 0 aromatic heterocycles. The van der Waals surface area contributed by atoms with Crippen molar-refractivity contribution >= 4 is 5.97 Å². The number of rotatable bonds is 1. The Labute approximate surface area is 79.2 Å². The van der Waals surface area contributed by atoms with E-state index in [1.807, 2.05) is 0 Å². The van der Waals surface area contributed by atoms with Gasteiger partial charge in [-0.05, 0) is 0 Å². The Morgan fingerprint density at radius 2 is 1.83 bits per heavy atom. The standard InChI is InChI=1S/C4H3NO2.Li.NO3/c1-3(2-5)4(6)7;;2-1(3)4/h1H2,(H,6,7);;/q;+1;-1. The van der Waals surface area contributed by atoms with Gasteiger partial charge >= 0.3 is 24.8 Å². The Hall–Kier alpha value is -1.50. The average molecular weight is 166 g/mol. The average Bonchev–Trinajstić information content (AvgIpc) is 1.85. The first-order valence-corrected chi connectivity index (χ1v) is 2.05. The molecule has 0 amide bonds. The van der Waals surface area contributed by atoms with E-state index in [1.165, 1.54) is 6.07 Å². The third-order valence-corrected chi connectivity index (χ3v) is 0.393. The molecule has 0 atom stereocenters. The van der Waals surface area contributed by atoms with Crippen LogP contribution in [0.15, 0.2) is 12.2 Å². The number of hydrogen-bond donors (Lipinski definition) is 1. The molecule has 0 spiro atoms. The fourth-order valence-electron chi connectivity index (χ4n) is 0.0478. The maximum Gasteiger partial charge on any atom is 1.00 e. The Morgan fingerprint density at radius 1 is 1.58 bits per heavy atom. The summed E-state index contributed by atoms with van der Waals surface area (Å²) < 4.78 is 0. The van der Waals surface area contributed by atoms with E-state index in [-0.39, 0.29) is 18.9 Å². The molecule has 0 aliphatic heterocycles. The van der Waals surface area contributed by atoms with Gasteiger partial charge in [0.15, 0.2) is 0 Å². The van der Waals surface area contributed by atoms with E-state index in [0.29, 0.717) is 0 Å². The van der Waals surface area contributed by atoms with Crippen LogP contribution in [0.2, 0.25) is 0 Å². The first-order valence-electron chi connectivity index (χ1n) is 2.05. The van der Waals surface area contributed by atoms with Gasteiger partial charge in [-0.25, -0.2) is 4.79 Å². The van der Waals surface area contributed by atoms with Crippen molar-refractivity contribution in [3.8, 4) is 6.07 Å². The molecule has 0 unspecified atom stereocenters. The molecule has 0 radical (unpaired) electrons. The van der Waals surface area contributed by atoms with E-state index in [4.69, 9.17) is 25.7 Å². The summed E-state index contributed by atoms with van der Waals surface area (Å²) in [6.07, 6.45) is 0. The molecule has 0 saturated carbocycles. The van der Waals surface area contributed by atoms with Crippen molar-refractivity contribution in [1.29, 1.82) is 5.26 Å². The zero-order valence-electron chi connectivity index (χ0n) is 6.18. The molecule has 12 heavy (non-hydrogen) atoms. The Bertz CT molecular complexity index is 216. The molecule has 7 nitrogen and oxygen atoms in total. The van der Waals surface area contributed by atoms with E-state index >= 15 is 0 Å². The van der Waals surface area contributed by atoms with Crippen LogP contribution in [0.1, 0.15) is 0 Å². The van der Waals surface area contributed by atoms with Gasteiger partial charge in [0.25, 0.3) is 0 Å². The number of nitrogens with zero attached hydrogens (tertiary/aromatic N) is 2. The summed E-state index contributed by atoms with van der Waals surface area (Å²) in [6, 6.07) is 1.37. The molecular weight excluding hydrogens is 163 g/mol. The maximum absolute atomic E-state index is 9.61.